The van der Waals surface area contributed by atoms with Gasteiger partial charge in [0.25, 0.3) is 0 Å². The summed E-state index contributed by atoms with van der Waals surface area (Å²) >= 11 is 0. The van der Waals surface area contributed by atoms with Crippen LogP contribution in [0.3, 0.4) is 0 Å². The Morgan fingerprint density at radius 2 is 2.14 bits per heavy atom. The highest BCUT2D eigenvalue weighted by atomic mass is 32.2. The van der Waals surface area contributed by atoms with E-state index < -0.39 is 10.0 Å². The van der Waals surface area contributed by atoms with E-state index in [1.54, 1.807) is 0 Å². The molecule has 1 fully saturated rings. The van der Waals surface area contributed by atoms with Gasteiger partial charge >= 0.3 is 0 Å². The van der Waals surface area contributed by atoms with E-state index in [0.29, 0.717) is 18.9 Å². The summed E-state index contributed by atoms with van der Waals surface area (Å²) in [7, 11) is -1.13. The van der Waals surface area contributed by atoms with Crippen LogP contribution < -0.4 is 4.72 Å². The number of nitrogens with zero attached hydrogens (tertiary/aromatic N) is 2. The van der Waals surface area contributed by atoms with Crippen LogP contribution in [0.25, 0.3) is 11.0 Å². The summed E-state index contributed by atoms with van der Waals surface area (Å²) in [6.45, 7) is 2.32. The zero-order chi connectivity index (χ0) is 15.7. The highest BCUT2D eigenvalue weighted by molar-refractivity contribution is 7.89. The largest absolute Gasteiger partial charge is 0.331 e. The fraction of sp³-hybridized carbons (Fsp3) is 0.562. The van der Waals surface area contributed by atoms with Crippen molar-refractivity contribution in [3.8, 4) is 0 Å². The minimum Gasteiger partial charge on any atom is -0.331 e. The molecule has 3 rings (SSSR count). The van der Waals surface area contributed by atoms with Crippen molar-refractivity contribution in [2.75, 3.05) is 5.75 Å². The van der Waals surface area contributed by atoms with Crippen LogP contribution in [0.4, 0.5) is 0 Å². The highest BCUT2D eigenvalue weighted by Crippen LogP contribution is 2.40. The van der Waals surface area contributed by atoms with E-state index in [1.807, 2.05) is 25.1 Å². The lowest BCUT2D eigenvalue weighted by Gasteiger charge is -2.06. The van der Waals surface area contributed by atoms with Crippen molar-refractivity contribution in [2.45, 2.75) is 45.1 Å². The van der Waals surface area contributed by atoms with Crippen molar-refractivity contribution in [2.24, 2.45) is 7.05 Å². The molecule has 0 radical (unpaired) electrons. The van der Waals surface area contributed by atoms with Gasteiger partial charge in [-0.3, -0.25) is 0 Å². The van der Waals surface area contributed by atoms with Crippen LogP contribution in [0.15, 0.2) is 18.2 Å². The van der Waals surface area contributed by atoms with Crippen LogP contribution in [0.1, 0.15) is 49.9 Å². The van der Waals surface area contributed by atoms with Gasteiger partial charge in [-0.1, -0.05) is 19.4 Å². The number of fused-ring (bicyclic) bond motifs is 1. The fourth-order valence-corrected chi connectivity index (χ4v) is 3.88. The van der Waals surface area contributed by atoms with E-state index in [-0.39, 0.29) is 5.75 Å². The number of benzene rings is 1. The second-order valence-electron chi connectivity index (χ2n) is 6.12. The van der Waals surface area contributed by atoms with Gasteiger partial charge in [0.05, 0.1) is 16.8 Å². The molecule has 1 heterocycles. The molecule has 2 aromatic rings. The fourth-order valence-electron chi connectivity index (χ4n) is 2.68. The average molecular weight is 321 g/mol. The van der Waals surface area contributed by atoms with Crippen molar-refractivity contribution < 1.29 is 8.42 Å². The summed E-state index contributed by atoms with van der Waals surface area (Å²) in [4.78, 5) is 4.71. The Kier molecular flexibility index (Phi) is 4.23. The predicted octanol–water partition coefficient (Wildman–Crippen LogP) is 2.67. The second kappa shape index (κ2) is 6.01. The molecule has 1 aliphatic rings. The van der Waals surface area contributed by atoms with E-state index in [2.05, 4.69) is 16.3 Å². The Bertz CT molecular complexity index is 776. The van der Waals surface area contributed by atoms with Gasteiger partial charge in [-0.15, -0.1) is 0 Å². The minimum atomic E-state index is -3.18. The second-order valence-corrected chi connectivity index (χ2v) is 8.05. The number of hydrogen-bond acceptors (Lipinski definition) is 3. The first-order valence-corrected chi connectivity index (χ1v) is 9.58. The molecule has 5 nitrogen and oxygen atoms in total. The van der Waals surface area contributed by atoms with Crippen molar-refractivity contribution in [1.29, 1.82) is 0 Å². The number of unbranched alkanes of at least 4 members (excludes halogenated alkanes) is 1. The zero-order valence-corrected chi connectivity index (χ0v) is 14.0. The molecular formula is C16H23N3O2S. The molecule has 0 unspecified atom stereocenters. The molecule has 22 heavy (non-hydrogen) atoms. The molecule has 6 heteroatoms. The first-order valence-electron chi connectivity index (χ1n) is 7.93. The van der Waals surface area contributed by atoms with Gasteiger partial charge in [-0.05, 0) is 37.0 Å². The van der Waals surface area contributed by atoms with E-state index >= 15 is 0 Å². The number of rotatable bonds is 7. The molecular weight excluding hydrogens is 298 g/mol. The van der Waals surface area contributed by atoms with E-state index in [0.717, 1.165) is 28.8 Å². The summed E-state index contributed by atoms with van der Waals surface area (Å²) in [6, 6.07) is 6.00. The van der Waals surface area contributed by atoms with Gasteiger partial charge in [-0.2, -0.15) is 0 Å². The predicted molar refractivity (Wildman–Crippen MR) is 88.2 cm³/mol. The molecule has 1 N–H and O–H groups in total. The lowest BCUT2D eigenvalue weighted by Crippen LogP contribution is -2.25. The first-order chi connectivity index (χ1) is 10.5. The number of hydrogen-bond donors (Lipinski definition) is 1. The van der Waals surface area contributed by atoms with Gasteiger partial charge < -0.3 is 4.57 Å². The van der Waals surface area contributed by atoms with Crippen LogP contribution in [0.2, 0.25) is 0 Å². The van der Waals surface area contributed by atoms with Crippen LogP contribution >= 0.6 is 0 Å². The normalized spacial score (nSPS) is 15.5. The summed E-state index contributed by atoms with van der Waals surface area (Å²) in [5, 5.41) is 0. The summed E-state index contributed by atoms with van der Waals surface area (Å²) < 4.78 is 28.5. The number of imidazole rings is 1. The van der Waals surface area contributed by atoms with Gasteiger partial charge in [0.15, 0.2) is 0 Å². The number of nitrogens with one attached hydrogen (secondary N) is 1. The van der Waals surface area contributed by atoms with E-state index in [4.69, 9.17) is 4.98 Å². The molecule has 0 aliphatic heterocycles. The molecule has 1 aromatic heterocycles. The standard InChI is InChI=1S/C16H23N3O2S/c1-3-4-9-22(20,21)17-11-12-5-8-15-14(10-12)18-16(19(15)2)13-6-7-13/h5,8,10,13,17H,3-4,6-7,9,11H2,1-2H3. The maximum absolute atomic E-state index is 11.9. The molecule has 0 spiro atoms. The van der Waals surface area contributed by atoms with Gasteiger partial charge in [-0.25, -0.2) is 18.1 Å². The van der Waals surface area contributed by atoms with Crippen LogP contribution in [0, 0.1) is 0 Å². The maximum Gasteiger partial charge on any atom is 0.211 e. The third kappa shape index (κ3) is 3.33. The lowest BCUT2D eigenvalue weighted by atomic mass is 10.2. The Hall–Kier alpha value is -1.40. The molecule has 0 amide bonds. The zero-order valence-electron chi connectivity index (χ0n) is 13.2. The Morgan fingerprint density at radius 1 is 1.36 bits per heavy atom. The van der Waals surface area contributed by atoms with Gasteiger partial charge in [0.2, 0.25) is 10.0 Å². The SMILES string of the molecule is CCCCS(=O)(=O)NCc1ccc2c(c1)nc(C1CC1)n2C. The van der Waals surface area contributed by atoms with Crippen molar-refractivity contribution in [3.05, 3.63) is 29.6 Å². The topological polar surface area (TPSA) is 64.0 Å². The number of aryl methyl sites for hydroxylation is 1. The first kappa shape index (κ1) is 15.5. The van der Waals surface area contributed by atoms with Crippen LogP contribution in [0.5, 0.6) is 0 Å². The highest BCUT2D eigenvalue weighted by Gasteiger charge is 2.28. The molecule has 0 saturated heterocycles. The Labute approximate surface area is 131 Å². The summed E-state index contributed by atoms with van der Waals surface area (Å²) in [5.74, 6) is 1.95. The van der Waals surface area contributed by atoms with Crippen molar-refractivity contribution >= 4 is 21.1 Å². The summed E-state index contributed by atoms with van der Waals surface area (Å²) in [5.41, 5.74) is 3.02. The molecule has 1 saturated carbocycles. The van der Waals surface area contributed by atoms with Crippen LogP contribution in [-0.4, -0.2) is 23.7 Å². The third-order valence-corrected chi connectivity index (χ3v) is 5.60. The molecule has 0 bridgehead atoms. The molecule has 1 aromatic carbocycles. The van der Waals surface area contributed by atoms with E-state index in [1.165, 1.54) is 12.8 Å². The van der Waals surface area contributed by atoms with Crippen molar-refractivity contribution in [3.63, 3.8) is 0 Å². The molecule has 0 atom stereocenters. The maximum atomic E-state index is 11.9. The van der Waals surface area contributed by atoms with E-state index in [9.17, 15) is 8.42 Å². The number of aromatic nitrogens is 2. The van der Waals surface area contributed by atoms with Crippen LogP contribution in [-0.2, 0) is 23.6 Å². The quantitative estimate of drug-likeness (QED) is 0.853. The van der Waals surface area contributed by atoms with Gasteiger partial charge in [0, 0.05) is 19.5 Å². The number of sulfonamides is 1. The smallest absolute Gasteiger partial charge is 0.211 e. The Morgan fingerprint density at radius 3 is 2.82 bits per heavy atom. The summed E-state index contributed by atoms with van der Waals surface area (Å²) in [6.07, 6.45) is 4.02. The van der Waals surface area contributed by atoms with Crippen molar-refractivity contribution in [1.82, 2.24) is 14.3 Å². The molecule has 1 aliphatic carbocycles. The third-order valence-electron chi connectivity index (χ3n) is 4.19. The average Bonchev–Trinajstić information content (AvgIpc) is 3.28. The minimum absolute atomic E-state index is 0.196. The monoisotopic (exact) mass is 321 g/mol. The van der Waals surface area contributed by atoms with Gasteiger partial charge in [0.1, 0.15) is 5.82 Å². The lowest BCUT2D eigenvalue weighted by molar-refractivity contribution is 0.578. The Balaban J connectivity index is 1.75. The molecule has 120 valence electrons.